The third kappa shape index (κ3) is 2.22. The fraction of sp³-hybridized carbons (Fsp3) is 0.200. The molecular formula is C10H10N4O3. The maximum Gasteiger partial charge on any atom is 0.356 e. The van der Waals surface area contributed by atoms with Crippen molar-refractivity contribution in [3.8, 4) is 5.82 Å². The first kappa shape index (κ1) is 11.1. The lowest BCUT2D eigenvalue weighted by Gasteiger charge is -2.01. The number of hydrogen-bond donors (Lipinski definition) is 2. The Bertz CT molecular complexity index is 614. The van der Waals surface area contributed by atoms with Crippen LogP contribution in [0, 0.1) is 0 Å². The van der Waals surface area contributed by atoms with E-state index in [1.54, 1.807) is 0 Å². The van der Waals surface area contributed by atoms with Crippen LogP contribution in [0.4, 0.5) is 0 Å². The van der Waals surface area contributed by atoms with E-state index in [9.17, 15) is 9.59 Å². The summed E-state index contributed by atoms with van der Waals surface area (Å²) in [6, 6.07) is 2.61. The number of hydrogen-bond acceptors (Lipinski definition) is 4. The Morgan fingerprint density at radius 1 is 1.59 bits per heavy atom. The molecule has 2 N–H and O–H groups in total. The Morgan fingerprint density at radius 2 is 2.35 bits per heavy atom. The number of aryl methyl sites for hydroxylation is 1. The molecule has 0 saturated carbocycles. The molecule has 0 radical (unpaired) electrons. The minimum atomic E-state index is -1.12. The van der Waals surface area contributed by atoms with Gasteiger partial charge in [0.05, 0.1) is 0 Å². The van der Waals surface area contributed by atoms with Gasteiger partial charge >= 0.3 is 5.97 Å². The number of carboxylic acids is 1. The van der Waals surface area contributed by atoms with Crippen LogP contribution >= 0.6 is 0 Å². The average Bonchev–Trinajstić information content (AvgIpc) is 2.77. The second-order valence-corrected chi connectivity index (χ2v) is 3.35. The first-order chi connectivity index (χ1) is 8.10. The minimum absolute atomic E-state index is 0.0925. The van der Waals surface area contributed by atoms with Crippen LogP contribution in [-0.2, 0) is 6.42 Å². The van der Waals surface area contributed by atoms with E-state index in [0.29, 0.717) is 18.1 Å². The van der Waals surface area contributed by atoms with Crippen LogP contribution in [0.25, 0.3) is 5.82 Å². The van der Waals surface area contributed by atoms with Gasteiger partial charge in [-0.2, -0.15) is 5.10 Å². The summed E-state index contributed by atoms with van der Waals surface area (Å²) in [6.07, 6.45) is 2.03. The fourth-order valence-electron chi connectivity index (χ4n) is 1.34. The van der Waals surface area contributed by atoms with E-state index in [4.69, 9.17) is 5.11 Å². The van der Waals surface area contributed by atoms with Gasteiger partial charge in [-0.25, -0.2) is 14.5 Å². The molecule has 2 rings (SSSR count). The molecule has 0 aromatic carbocycles. The molecule has 0 bridgehead atoms. The third-order valence-electron chi connectivity index (χ3n) is 2.16. The first-order valence-electron chi connectivity index (χ1n) is 4.99. The molecule has 0 spiro atoms. The van der Waals surface area contributed by atoms with Crippen molar-refractivity contribution >= 4 is 5.97 Å². The van der Waals surface area contributed by atoms with Crippen LogP contribution in [0.5, 0.6) is 0 Å². The highest BCUT2D eigenvalue weighted by Gasteiger charge is 2.09. The number of aromatic carboxylic acids is 1. The van der Waals surface area contributed by atoms with Gasteiger partial charge in [-0.05, 0) is 6.07 Å². The van der Waals surface area contributed by atoms with Gasteiger partial charge in [0.1, 0.15) is 5.82 Å². The lowest BCUT2D eigenvalue weighted by Crippen LogP contribution is -2.14. The van der Waals surface area contributed by atoms with Gasteiger partial charge in [-0.3, -0.25) is 4.79 Å². The molecule has 7 nitrogen and oxygen atoms in total. The maximum atomic E-state index is 11.3. The summed E-state index contributed by atoms with van der Waals surface area (Å²) in [5.41, 5.74) is -0.385. The predicted octanol–water partition coefficient (Wildman–Crippen LogP) is 0.216. The van der Waals surface area contributed by atoms with Crippen LogP contribution in [0.15, 0.2) is 23.1 Å². The zero-order valence-electron chi connectivity index (χ0n) is 9.04. The number of aromatic amines is 1. The van der Waals surface area contributed by atoms with Crippen molar-refractivity contribution in [2.24, 2.45) is 0 Å². The monoisotopic (exact) mass is 234 g/mol. The van der Waals surface area contributed by atoms with E-state index in [0.717, 1.165) is 0 Å². The van der Waals surface area contributed by atoms with Gasteiger partial charge in [0.2, 0.25) is 0 Å². The van der Waals surface area contributed by atoms with Crippen molar-refractivity contribution in [1.82, 2.24) is 19.7 Å². The standard InChI is InChI=1S/C10H10N4O3/c1-2-7-11-8(5-9(15)12-7)14-4-3-6(13-14)10(16)17/h3-5H,2H2,1H3,(H,16,17)(H,11,12,15). The van der Waals surface area contributed by atoms with Crippen LogP contribution in [0.1, 0.15) is 23.2 Å². The average molecular weight is 234 g/mol. The highest BCUT2D eigenvalue weighted by atomic mass is 16.4. The summed E-state index contributed by atoms with van der Waals surface area (Å²) in [7, 11) is 0. The third-order valence-corrected chi connectivity index (χ3v) is 2.16. The summed E-state index contributed by atoms with van der Waals surface area (Å²) in [4.78, 5) is 28.7. The van der Waals surface area contributed by atoms with E-state index < -0.39 is 5.97 Å². The summed E-state index contributed by atoms with van der Waals surface area (Å²) in [5.74, 6) is -0.290. The van der Waals surface area contributed by atoms with Gasteiger partial charge in [-0.15, -0.1) is 0 Å². The van der Waals surface area contributed by atoms with Crippen LogP contribution in [0.3, 0.4) is 0 Å². The van der Waals surface area contributed by atoms with Gasteiger partial charge in [0.15, 0.2) is 11.5 Å². The van der Waals surface area contributed by atoms with Crippen molar-refractivity contribution < 1.29 is 9.90 Å². The van der Waals surface area contributed by atoms with E-state index in [2.05, 4.69) is 15.1 Å². The smallest absolute Gasteiger partial charge is 0.356 e. The maximum absolute atomic E-state index is 11.3. The van der Waals surface area contributed by atoms with Gasteiger partial charge < -0.3 is 10.1 Å². The molecule has 0 unspecified atom stereocenters. The molecule has 0 aliphatic heterocycles. The molecule has 17 heavy (non-hydrogen) atoms. The predicted molar refractivity (Wildman–Crippen MR) is 58.3 cm³/mol. The number of nitrogens with one attached hydrogen (secondary N) is 1. The molecular weight excluding hydrogens is 224 g/mol. The zero-order valence-corrected chi connectivity index (χ0v) is 9.04. The molecule has 2 aromatic rings. The molecule has 0 fully saturated rings. The highest BCUT2D eigenvalue weighted by Crippen LogP contribution is 2.03. The molecule has 88 valence electrons. The Hall–Kier alpha value is -2.44. The van der Waals surface area contributed by atoms with Gasteiger partial charge in [0.25, 0.3) is 5.56 Å². The quantitative estimate of drug-likeness (QED) is 0.790. The fourth-order valence-corrected chi connectivity index (χ4v) is 1.34. The summed E-state index contributed by atoms with van der Waals surface area (Å²) in [6.45, 7) is 1.85. The summed E-state index contributed by atoms with van der Waals surface area (Å²) < 4.78 is 1.26. The molecule has 7 heteroatoms. The summed E-state index contributed by atoms with van der Waals surface area (Å²) >= 11 is 0. The normalized spacial score (nSPS) is 10.4. The molecule has 0 aliphatic rings. The van der Waals surface area contributed by atoms with Crippen molar-refractivity contribution in [3.63, 3.8) is 0 Å². The number of rotatable bonds is 3. The SMILES string of the molecule is CCc1nc(-n2ccc(C(=O)O)n2)cc(=O)[nH]1. The van der Waals surface area contributed by atoms with Crippen molar-refractivity contribution in [1.29, 1.82) is 0 Å². The molecule has 0 amide bonds. The molecule has 0 aliphatic carbocycles. The van der Waals surface area contributed by atoms with Crippen molar-refractivity contribution in [2.75, 3.05) is 0 Å². The zero-order chi connectivity index (χ0) is 12.4. The topological polar surface area (TPSA) is 101 Å². The largest absolute Gasteiger partial charge is 0.476 e. The van der Waals surface area contributed by atoms with Crippen molar-refractivity contribution in [3.05, 3.63) is 40.2 Å². The van der Waals surface area contributed by atoms with Crippen LogP contribution in [-0.4, -0.2) is 30.8 Å². The Morgan fingerprint density at radius 3 is 2.94 bits per heavy atom. The minimum Gasteiger partial charge on any atom is -0.476 e. The van der Waals surface area contributed by atoms with E-state index in [1.165, 1.54) is 23.0 Å². The highest BCUT2D eigenvalue weighted by molar-refractivity contribution is 5.85. The molecule has 2 aromatic heterocycles. The number of carbonyl (C=O) groups is 1. The van der Waals surface area contributed by atoms with E-state index in [-0.39, 0.29) is 11.3 Å². The lowest BCUT2D eigenvalue weighted by molar-refractivity contribution is 0.0690. The second-order valence-electron chi connectivity index (χ2n) is 3.35. The number of aromatic nitrogens is 4. The van der Waals surface area contributed by atoms with Gasteiger partial charge in [0, 0.05) is 18.7 Å². The van der Waals surface area contributed by atoms with E-state index >= 15 is 0 Å². The van der Waals surface area contributed by atoms with Crippen molar-refractivity contribution in [2.45, 2.75) is 13.3 Å². The van der Waals surface area contributed by atoms with E-state index in [1.807, 2.05) is 6.92 Å². The Labute approximate surface area is 95.7 Å². The second kappa shape index (κ2) is 4.20. The van der Waals surface area contributed by atoms with Crippen LogP contribution < -0.4 is 5.56 Å². The molecule has 0 saturated heterocycles. The lowest BCUT2D eigenvalue weighted by atomic mass is 10.4. The molecule has 2 heterocycles. The number of H-pyrrole nitrogens is 1. The number of carboxylic acid groups (broad SMARTS) is 1. The molecule has 0 atom stereocenters. The Kier molecular flexibility index (Phi) is 2.73. The van der Waals surface area contributed by atoms with Crippen LogP contribution in [0.2, 0.25) is 0 Å². The Balaban J connectivity index is 2.48. The number of nitrogens with zero attached hydrogens (tertiary/aromatic N) is 3. The summed E-state index contributed by atoms with van der Waals surface area (Å²) in [5, 5.41) is 12.5. The van der Waals surface area contributed by atoms with Gasteiger partial charge in [-0.1, -0.05) is 6.92 Å². The first-order valence-corrected chi connectivity index (χ1v) is 4.99.